The van der Waals surface area contributed by atoms with Crippen molar-refractivity contribution >= 4 is 5.97 Å². The number of rotatable bonds is 3. The van der Waals surface area contributed by atoms with Crippen molar-refractivity contribution in [1.82, 2.24) is 5.32 Å². The predicted octanol–water partition coefficient (Wildman–Crippen LogP) is 1.38. The SMILES string of the molecule is CCC[C@@H]1CCC[C@@H](C(=O)O)N1. The van der Waals surface area contributed by atoms with E-state index < -0.39 is 5.97 Å². The molecule has 1 aliphatic rings. The molecule has 0 aromatic heterocycles. The van der Waals surface area contributed by atoms with Crippen LogP contribution in [0.15, 0.2) is 0 Å². The van der Waals surface area contributed by atoms with Crippen molar-refractivity contribution < 1.29 is 9.90 Å². The third-order valence-electron chi connectivity index (χ3n) is 2.42. The third-order valence-corrected chi connectivity index (χ3v) is 2.42. The molecular weight excluding hydrogens is 154 g/mol. The number of carboxylic acid groups (broad SMARTS) is 1. The molecule has 3 nitrogen and oxygen atoms in total. The molecule has 0 saturated carbocycles. The molecule has 0 radical (unpaired) electrons. The average Bonchev–Trinajstić information content (AvgIpc) is 2.05. The summed E-state index contributed by atoms with van der Waals surface area (Å²) in [6.45, 7) is 2.13. The molecule has 0 aromatic carbocycles. The number of nitrogens with one attached hydrogen (secondary N) is 1. The standard InChI is InChI=1S/C9H17NO2/c1-2-4-7-5-3-6-8(10-7)9(11)12/h7-8,10H,2-6H2,1H3,(H,11,12)/t7-,8+/m1/s1. The van der Waals surface area contributed by atoms with Gasteiger partial charge in [0.05, 0.1) is 0 Å². The van der Waals surface area contributed by atoms with Crippen molar-refractivity contribution in [3.05, 3.63) is 0 Å². The second-order valence-corrected chi connectivity index (χ2v) is 3.47. The summed E-state index contributed by atoms with van der Waals surface area (Å²) in [6, 6.07) is 0.139. The van der Waals surface area contributed by atoms with Gasteiger partial charge in [-0.3, -0.25) is 4.79 Å². The Hall–Kier alpha value is -0.570. The Kier molecular flexibility index (Phi) is 3.53. The van der Waals surface area contributed by atoms with Crippen LogP contribution in [-0.2, 0) is 4.79 Å². The zero-order valence-electron chi connectivity index (χ0n) is 7.55. The van der Waals surface area contributed by atoms with E-state index in [-0.39, 0.29) is 6.04 Å². The second-order valence-electron chi connectivity index (χ2n) is 3.47. The first kappa shape index (κ1) is 9.52. The quantitative estimate of drug-likeness (QED) is 0.674. The lowest BCUT2D eigenvalue weighted by atomic mass is 9.96. The fourth-order valence-electron chi connectivity index (χ4n) is 1.79. The molecule has 0 spiro atoms. The summed E-state index contributed by atoms with van der Waals surface area (Å²) in [7, 11) is 0. The van der Waals surface area contributed by atoms with Gasteiger partial charge in [0.25, 0.3) is 0 Å². The number of aliphatic carboxylic acids is 1. The van der Waals surface area contributed by atoms with Gasteiger partial charge in [0, 0.05) is 6.04 Å². The molecule has 2 N–H and O–H groups in total. The van der Waals surface area contributed by atoms with Crippen LogP contribution in [0.5, 0.6) is 0 Å². The van der Waals surface area contributed by atoms with E-state index in [1.807, 2.05) is 0 Å². The molecule has 1 heterocycles. The first-order valence-electron chi connectivity index (χ1n) is 4.73. The van der Waals surface area contributed by atoms with E-state index in [1.54, 1.807) is 0 Å². The van der Waals surface area contributed by atoms with Crippen LogP contribution < -0.4 is 5.32 Å². The first-order valence-corrected chi connectivity index (χ1v) is 4.73. The lowest BCUT2D eigenvalue weighted by molar-refractivity contribution is -0.140. The Morgan fingerprint density at radius 1 is 1.58 bits per heavy atom. The van der Waals surface area contributed by atoms with Gasteiger partial charge < -0.3 is 10.4 Å². The van der Waals surface area contributed by atoms with Crippen molar-refractivity contribution in [3.8, 4) is 0 Å². The molecule has 0 bridgehead atoms. The van der Waals surface area contributed by atoms with E-state index in [4.69, 9.17) is 5.11 Å². The van der Waals surface area contributed by atoms with Crippen LogP contribution in [0.1, 0.15) is 39.0 Å². The smallest absolute Gasteiger partial charge is 0.320 e. The summed E-state index contributed by atoms with van der Waals surface area (Å²) in [5.41, 5.74) is 0. The molecule has 2 atom stereocenters. The van der Waals surface area contributed by atoms with Crippen LogP contribution in [0.2, 0.25) is 0 Å². The number of carbonyl (C=O) groups is 1. The van der Waals surface area contributed by atoms with Crippen LogP contribution in [-0.4, -0.2) is 23.2 Å². The number of hydrogen-bond donors (Lipinski definition) is 2. The topological polar surface area (TPSA) is 49.3 Å². The fourth-order valence-corrected chi connectivity index (χ4v) is 1.79. The van der Waals surface area contributed by atoms with Crippen LogP contribution in [0.4, 0.5) is 0 Å². The zero-order valence-corrected chi connectivity index (χ0v) is 7.55. The van der Waals surface area contributed by atoms with Gasteiger partial charge in [0.2, 0.25) is 0 Å². The Balaban J connectivity index is 2.35. The molecule has 1 saturated heterocycles. The van der Waals surface area contributed by atoms with E-state index >= 15 is 0 Å². The molecule has 1 aliphatic heterocycles. The summed E-state index contributed by atoms with van der Waals surface area (Å²) >= 11 is 0. The maximum Gasteiger partial charge on any atom is 0.320 e. The zero-order chi connectivity index (χ0) is 8.97. The summed E-state index contributed by atoms with van der Waals surface area (Å²) in [5.74, 6) is -0.698. The highest BCUT2D eigenvalue weighted by Gasteiger charge is 2.24. The van der Waals surface area contributed by atoms with Crippen LogP contribution >= 0.6 is 0 Å². The van der Waals surface area contributed by atoms with E-state index in [0.717, 1.165) is 32.1 Å². The lowest BCUT2D eigenvalue weighted by Gasteiger charge is -2.28. The third kappa shape index (κ3) is 2.48. The number of carboxylic acids is 1. The Morgan fingerprint density at radius 3 is 2.92 bits per heavy atom. The van der Waals surface area contributed by atoms with Crippen LogP contribution in [0.3, 0.4) is 0 Å². The molecule has 70 valence electrons. The van der Waals surface area contributed by atoms with Crippen LogP contribution in [0.25, 0.3) is 0 Å². The minimum absolute atomic E-state index is 0.296. The Morgan fingerprint density at radius 2 is 2.33 bits per heavy atom. The van der Waals surface area contributed by atoms with Crippen molar-refractivity contribution in [1.29, 1.82) is 0 Å². The van der Waals surface area contributed by atoms with E-state index in [2.05, 4.69) is 12.2 Å². The van der Waals surface area contributed by atoms with Crippen molar-refractivity contribution in [2.24, 2.45) is 0 Å². The normalized spacial score (nSPS) is 30.1. The largest absolute Gasteiger partial charge is 0.480 e. The van der Waals surface area contributed by atoms with Crippen molar-refractivity contribution in [3.63, 3.8) is 0 Å². The molecule has 12 heavy (non-hydrogen) atoms. The molecule has 0 aromatic rings. The summed E-state index contributed by atoms with van der Waals surface area (Å²) < 4.78 is 0. The monoisotopic (exact) mass is 171 g/mol. The van der Waals surface area contributed by atoms with Gasteiger partial charge in [-0.15, -0.1) is 0 Å². The van der Waals surface area contributed by atoms with Gasteiger partial charge in [-0.2, -0.15) is 0 Å². The Labute approximate surface area is 73.2 Å². The average molecular weight is 171 g/mol. The van der Waals surface area contributed by atoms with Crippen molar-refractivity contribution in [2.75, 3.05) is 0 Å². The Bertz CT molecular complexity index is 157. The molecule has 0 aliphatic carbocycles. The summed E-state index contributed by atoms with van der Waals surface area (Å²) in [4.78, 5) is 10.6. The van der Waals surface area contributed by atoms with Gasteiger partial charge in [-0.1, -0.05) is 13.3 Å². The summed E-state index contributed by atoms with van der Waals surface area (Å²) in [6.07, 6.45) is 5.20. The highest BCUT2D eigenvalue weighted by molar-refractivity contribution is 5.73. The van der Waals surface area contributed by atoms with Crippen molar-refractivity contribution in [2.45, 2.75) is 51.1 Å². The lowest BCUT2D eigenvalue weighted by Crippen LogP contribution is -2.46. The molecular formula is C9H17NO2. The molecule has 1 rings (SSSR count). The van der Waals surface area contributed by atoms with Gasteiger partial charge in [0.1, 0.15) is 6.04 Å². The molecule has 0 amide bonds. The van der Waals surface area contributed by atoms with Gasteiger partial charge in [-0.25, -0.2) is 0 Å². The highest BCUT2D eigenvalue weighted by atomic mass is 16.4. The maximum absolute atomic E-state index is 10.6. The molecule has 1 fully saturated rings. The minimum Gasteiger partial charge on any atom is -0.480 e. The fraction of sp³-hybridized carbons (Fsp3) is 0.889. The van der Waals surface area contributed by atoms with E-state index in [1.165, 1.54) is 0 Å². The second kappa shape index (κ2) is 4.45. The van der Waals surface area contributed by atoms with Gasteiger partial charge in [0.15, 0.2) is 0 Å². The molecule has 0 unspecified atom stereocenters. The summed E-state index contributed by atoms with van der Waals surface area (Å²) in [5, 5.41) is 11.9. The van der Waals surface area contributed by atoms with Crippen LogP contribution in [0, 0.1) is 0 Å². The maximum atomic E-state index is 10.6. The van der Waals surface area contributed by atoms with E-state index in [0.29, 0.717) is 6.04 Å². The predicted molar refractivity (Wildman–Crippen MR) is 47.1 cm³/mol. The highest BCUT2D eigenvalue weighted by Crippen LogP contribution is 2.15. The van der Waals surface area contributed by atoms with Gasteiger partial charge >= 0.3 is 5.97 Å². The number of piperidine rings is 1. The first-order chi connectivity index (χ1) is 5.74. The minimum atomic E-state index is -0.698. The van der Waals surface area contributed by atoms with Gasteiger partial charge in [-0.05, 0) is 25.7 Å². The number of hydrogen-bond acceptors (Lipinski definition) is 2. The van der Waals surface area contributed by atoms with E-state index in [9.17, 15) is 4.79 Å². The molecule has 3 heteroatoms.